The molecule has 21 heterocycles. The van der Waals surface area contributed by atoms with Gasteiger partial charge < -0.3 is 166 Å². The molecule has 21 rings (SSSR count). The smallest absolute Gasteiger partial charge is 0.187 e. The zero-order chi connectivity index (χ0) is 71.6. The average molecular weight is 1440 g/mol. The summed E-state index contributed by atoms with van der Waals surface area (Å²) in [6, 6.07) is 2.02. The highest BCUT2D eigenvalue weighted by molar-refractivity contribution is 5.04. The summed E-state index contributed by atoms with van der Waals surface area (Å²) in [5.74, 6) is 0. The fourth-order valence-electron chi connectivity index (χ4n) is 14.7. The van der Waals surface area contributed by atoms with Crippen molar-refractivity contribution in [1.29, 1.82) is 5.26 Å². The van der Waals surface area contributed by atoms with Crippen LogP contribution in [0.3, 0.4) is 0 Å². The molecule has 36 nitrogen and oxygen atoms in total. The molecule has 1 N–H and O–H groups in total. The van der Waals surface area contributed by atoms with Gasteiger partial charge in [0.2, 0.25) is 0 Å². The molecule has 0 spiro atoms. The Bertz CT molecular complexity index is 2310. The van der Waals surface area contributed by atoms with Gasteiger partial charge in [-0.1, -0.05) is 0 Å². The monoisotopic (exact) mass is 1440 g/mol. The van der Waals surface area contributed by atoms with Crippen molar-refractivity contribution in [2.75, 3.05) is 188 Å². The molecule has 0 aromatic heterocycles. The maximum atomic E-state index is 12.7. The van der Waals surface area contributed by atoms with Gasteiger partial charge in [0, 0.05) is 135 Å². The Morgan fingerprint density at radius 2 is 0.404 bits per heavy atom. The SMILES string of the molecule is COC[C@H]1O[C@@H]2O[C@H]3[C@H](OC)[C@@H](OC)[C@@H](O[C@H]4[C@H](OC)[C@@H](OC)[C@@H](O[C@H]5[C@H](OC)[C@@H](OC)[C@@H](O[C@H]6[C@H](OC)[C@@H](OC)[C@@H](O[C@H]7[C@H](OC)[C@@H](OC)[C@@H](O[C@H]8[C@H](OC)[C@@H](OCC#N)[C@@H](O[C@H]1[C@H](O)[C@H]2OC)O[C@@H]8COC)O[C@@H]7COC)O[C@@H]6COC)O[C@@H]5COC)O[C@@H]4COC)O[C@@H]3COC. The molecule has 0 radical (unpaired) electrons. The third-order valence-corrected chi connectivity index (χ3v) is 19.1. The number of aliphatic hydroxyl groups excluding tert-OH is 1. The Kier molecular flexibility index (Phi) is 34.0. The molecule has 0 saturated carbocycles. The van der Waals surface area contributed by atoms with Gasteiger partial charge in [-0.2, -0.15) is 5.26 Å². The summed E-state index contributed by atoms with van der Waals surface area (Å²) in [5, 5.41) is 22.7. The van der Waals surface area contributed by atoms with Crippen molar-refractivity contribution in [3.63, 3.8) is 0 Å². The van der Waals surface area contributed by atoms with Gasteiger partial charge in [-0.25, -0.2) is 0 Å². The topological polar surface area (TPSA) is 358 Å². The number of hydrogen-bond donors (Lipinski definition) is 1. The van der Waals surface area contributed by atoms with Crippen LogP contribution in [-0.4, -0.2) is 408 Å². The minimum absolute atomic E-state index is 0.0548. The Morgan fingerprint density at radius 3 is 0.596 bits per heavy atom. The summed E-state index contributed by atoms with van der Waals surface area (Å²) in [6.07, 6.45) is -39.5. The number of rotatable bonds is 28. The molecule has 0 aromatic rings. The lowest BCUT2D eigenvalue weighted by molar-refractivity contribution is -0.402. The molecule has 21 saturated heterocycles. The van der Waals surface area contributed by atoms with E-state index in [0.717, 1.165) is 0 Å². The second-order valence-corrected chi connectivity index (χ2v) is 24.5. The van der Waals surface area contributed by atoms with Crippen LogP contribution in [0.1, 0.15) is 0 Å². The normalized spacial score (nSPS) is 45.6. The van der Waals surface area contributed by atoms with Crippen LogP contribution in [0, 0.1) is 11.3 Å². The molecule has 21 aliphatic rings. The van der Waals surface area contributed by atoms with E-state index >= 15 is 0 Å². The van der Waals surface area contributed by atoms with Crippen LogP contribution in [0.25, 0.3) is 0 Å². The lowest BCUT2D eigenvalue weighted by atomic mass is 9.94. The first kappa shape index (κ1) is 82.7. The van der Waals surface area contributed by atoms with Crippen LogP contribution in [0.2, 0.25) is 0 Å². The van der Waals surface area contributed by atoms with E-state index in [9.17, 15) is 10.4 Å². The van der Waals surface area contributed by atoms with Crippen molar-refractivity contribution in [1.82, 2.24) is 0 Å². The zero-order valence-corrected chi connectivity index (χ0v) is 60.1. The third kappa shape index (κ3) is 18.4. The number of nitriles is 1. The Labute approximate surface area is 578 Å². The molecule has 21 aliphatic heterocycles. The number of hydrogen-bond acceptors (Lipinski definition) is 36. The van der Waals surface area contributed by atoms with E-state index in [0.29, 0.717) is 0 Å². The van der Waals surface area contributed by atoms with E-state index < -0.39 is 222 Å². The van der Waals surface area contributed by atoms with Crippen LogP contribution in [0.15, 0.2) is 0 Å². The molecule has 21 fully saturated rings. The van der Waals surface area contributed by atoms with E-state index in [-0.39, 0.29) is 46.2 Å². The van der Waals surface area contributed by atoms with Crippen molar-refractivity contribution in [2.24, 2.45) is 0 Å². The molecule has 576 valence electrons. The molecule has 0 aliphatic carbocycles. The summed E-state index contributed by atoms with van der Waals surface area (Å²) in [6.45, 7) is -1.14. The van der Waals surface area contributed by atoms with Gasteiger partial charge in [0.15, 0.2) is 44.0 Å². The summed E-state index contributed by atoms with van der Waals surface area (Å²) in [5.41, 5.74) is 0. The Balaban J connectivity index is 1.24. The largest absolute Gasteiger partial charge is 0.387 e. The molecule has 0 amide bonds. The minimum atomic E-state index is -1.57. The molecular weight excluding hydrogens is 1330 g/mol. The molecule has 99 heavy (non-hydrogen) atoms. The molecule has 0 unspecified atom stereocenters. The van der Waals surface area contributed by atoms with Crippen molar-refractivity contribution >= 4 is 0 Å². The predicted molar refractivity (Wildman–Crippen MR) is 329 cm³/mol. The highest BCUT2D eigenvalue weighted by Crippen LogP contribution is 2.43. The van der Waals surface area contributed by atoms with Crippen molar-refractivity contribution < 1.29 is 166 Å². The Morgan fingerprint density at radius 1 is 0.232 bits per heavy atom. The quantitative estimate of drug-likeness (QED) is 0.0864. The van der Waals surface area contributed by atoms with E-state index in [1.807, 2.05) is 6.07 Å². The fourth-order valence-corrected chi connectivity index (χ4v) is 14.7. The van der Waals surface area contributed by atoms with Gasteiger partial charge in [-0.05, 0) is 0 Å². The van der Waals surface area contributed by atoms with E-state index in [2.05, 4.69) is 0 Å². The first-order valence-corrected chi connectivity index (χ1v) is 32.8. The van der Waals surface area contributed by atoms with Crippen LogP contribution in [0.5, 0.6) is 0 Å². The maximum absolute atomic E-state index is 12.7. The lowest BCUT2D eigenvalue weighted by Crippen LogP contribution is -2.69. The van der Waals surface area contributed by atoms with Crippen molar-refractivity contribution in [2.45, 2.75) is 215 Å². The standard InChI is InChI=1S/C63H109NO35/c1-66-22-29-37-36(65)44(73-8)57(86-29)94-38-30(23-67-2)87-58(51(80-15)45(38)74-9)95-39-31(24-68-3)88-59(52(81-16)46(39)75-10)96-40-32(25-69-4)89-60(53(82-17)47(40)76-11)97-41-33(26-70-5)90-61(54(83-18)48(41)77-12)98-42-34(27-71-6)91-62(55(84-19)49(42)78-13)99-43-35(28-72-7)92-63(93-37)56(50(43)79-14)85-21-20-64/h29-63,65H,21-28H2,1-19H3/t29-,30-,31-,32-,33-,34-,35-,36+,37-,38-,39-,40-,41-,42-,43-,44-,45+,46+,47+,48+,49+,50+,51-,52-,53-,54-,55-,56-,57-,58-,59-,60-,61-,62-,63-/m1/s1. The highest BCUT2D eigenvalue weighted by atomic mass is 16.8. The summed E-state index contributed by atoms with van der Waals surface area (Å²) in [7, 11) is 28.0. The number of methoxy groups -OCH3 is 19. The molecule has 14 bridgehead atoms. The van der Waals surface area contributed by atoms with E-state index in [1.54, 1.807) is 0 Å². The maximum Gasteiger partial charge on any atom is 0.187 e. The molecule has 35 atom stereocenters. The summed E-state index contributed by atoms with van der Waals surface area (Å²) < 4.78 is 218. The number of ether oxygens (including phenoxy) is 34. The van der Waals surface area contributed by atoms with E-state index in [4.69, 9.17) is 161 Å². The summed E-state index contributed by atoms with van der Waals surface area (Å²) >= 11 is 0. The van der Waals surface area contributed by atoms with Crippen molar-refractivity contribution in [3.05, 3.63) is 0 Å². The van der Waals surface area contributed by atoms with E-state index in [1.165, 1.54) is 135 Å². The van der Waals surface area contributed by atoms with Crippen LogP contribution >= 0.6 is 0 Å². The predicted octanol–water partition coefficient (Wildman–Crippen LogP) is -2.25. The second-order valence-electron chi connectivity index (χ2n) is 24.5. The average Bonchev–Trinajstić information content (AvgIpc) is 1.37. The zero-order valence-electron chi connectivity index (χ0n) is 60.1. The van der Waals surface area contributed by atoms with Crippen LogP contribution in [-0.2, 0) is 161 Å². The van der Waals surface area contributed by atoms with Gasteiger partial charge in [0.1, 0.15) is 178 Å². The van der Waals surface area contributed by atoms with Gasteiger partial charge in [0.05, 0.1) is 52.3 Å². The Hall–Kier alpha value is -1.91. The third-order valence-electron chi connectivity index (χ3n) is 19.1. The van der Waals surface area contributed by atoms with Gasteiger partial charge in [-0.3, -0.25) is 0 Å². The first-order chi connectivity index (χ1) is 48.1. The minimum Gasteiger partial charge on any atom is -0.387 e. The van der Waals surface area contributed by atoms with Crippen LogP contribution < -0.4 is 0 Å². The first-order valence-electron chi connectivity index (χ1n) is 32.8. The fraction of sp³-hybridized carbons (Fsp3) is 0.984. The van der Waals surface area contributed by atoms with Gasteiger partial charge in [0.25, 0.3) is 0 Å². The molecular formula is C63H109NO35. The highest BCUT2D eigenvalue weighted by Gasteiger charge is 2.62. The number of aliphatic hydroxyl groups is 1. The summed E-state index contributed by atoms with van der Waals surface area (Å²) in [4.78, 5) is 0. The molecule has 0 aromatic carbocycles. The van der Waals surface area contributed by atoms with Crippen LogP contribution in [0.4, 0.5) is 0 Å². The number of nitrogens with zero attached hydrogens (tertiary/aromatic N) is 1. The van der Waals surface area contributed by atoms with Crippen molar-refractivity contribution in [3.8, 4) is 6.07 Å². The lowest BCUT2D eigenvalue weighted by Gasteiger charge is -2.52. The molecule has 36 heteroatoms. The van der Waals surface area contributed by atoms with Gasteiger partial charge in [-0.15, -0.1) is 0 Å². The van der Waals surface area contributed by atoms with Gasteiger partial charge >= 0.3 is 0 Å². The second kappa shape index (κ2) is 40.7.